The summed E-state index contributed by atoms with van der Waals surface area (Å²) in [5.74, 6) is 0.171. The van der Waals surface area contributed by atoms with E-state index in [0.29, 0.717) is 29.9 Å². The van der Waals surface area contributed by atoms with E-state index in [1.807, 2.05) is 6.07 Å². The van der Waals surface area contributed by atoms with Crippen LogP contribution >= 0.6 is 0 Å². The lowest BCUT2D eigenvalue weighted by atomic mass is 10.2. The van der Waals surface area contributed by atoms with Crippen molar-refractivity contribution in [3.8, 4) is 0 Å². The van der Waals surface area contributed by atoms with E-state index in [0.717, 1.165) is 12.8 Å². The SMILES string of the molecule is O=C(Cn1ccccc1=O)N(Cc1nc2ccccc2c(=O)[nH]1)C[C@H]1CCCO1. The number of hydrogen-bond acceptors (Lipinski definition) is 5. The molecular weight excluding hydrogens is 372 g/mol. The van der Waals surface area contributed by atoms with Crippen molar-refractivity contribution in [3.63, 3.8) is 0 Å². The van der Waals surface area contributed by atoms with Gasteiger partial charge in [0.25, 0.3) is 11.1 Å². The van der Waals surface area contributed by atoms with Crippen molar-refractivity contribution in [3.05, 3.63) is 75.2 Å². The Kier molecular flexibility index (Phi) is 5.53. The van der Waals surface area contributed by atoms with Crippen LogP contribution in [0.4, 0.5) is 0 Å². The maximum absolute atomic E-state index is 13.0. The summed E-state index contributed by atoms with van der Waals surface area (Å²) in [7, 11) is 0. The lowest BCUT2D eigenvalue weighted by molar-refractivity contribution is -0.134. The highest BCUT2D eigenvalue weighted by molar-refractivity contribution is 5.78. The predicted octanol–water partition coefficient (Wildman–Crippen LogP) is 1.29. The molecule has 0 spiro atoms. The second kappa shape index (κ2) is 8.40. The second-order valence-corrected chi connectivity index (χ2v) is 7.11. The number of nitrogens with one attached hydrogen (secondary N) is 1. The molecular formula is C21H22N4O4. The number of H-pyrrole nitrogens is 1. The van der Waals surface area contributed by atoms with Gasteiger partial charge in [-0.25, -0.2) is 4.98 Å². The average Bonchev–Trinajstić information content (AvgIpc) is 3.22. The number of para-hydroxylation sites is 1. The number of pyridine rings is 1. The lowest BCUT2D eigenvalue weighted by Crippen LogP contribution is -2.40. The fraction of sp³-hybridized carbons (Fsp3) is 0.333. The number of hydrogen-bond donors (Lipinski definition) is 1. The molecule has 8 nitrogen and oxygen atoms in total. The molecule has 29 heavy (non-hydrogen) atoms. The van der Waals surface area contributed by atoms with Crippen LogP contribution in [0, 0.1) is 0 Å². The highest BCUT2D eigenvalue weighted by Crippen LogP contribution is 2.15. The number of nitrogens with zero attached hydrogens (tertiary/aromatic N) is 3. The van der Waals surface area contributed by atoms with E-state index >= 15 is 0 Å². The Morgan fingerprint density at radius 1 is 1.21 bits per heavy atom. The minimum atomic E-state index is -0.241. The molecule has 1 aliphatic heterocycles. The van der Waals surface area contributed by atoms with Crippen molar-refractivity contribution in [2.24, 2.45) is 0 Å². The van der Waals surface area contributed by atoms with E-state index in [4.69, 9.17) is 4.74 Å². The summed E-state index contributed by atoms with van der Waals surface area (Å²) in [6.07, 6.45) is 3.35. The summed E-state index contributed by atoms with van der Waals surface area (Å²) in [6, 6.07) is 11.8. The zero-order chi connectivity index (χ0) is 20.2. The number of benzene rings is 1. The van der Waals surface area contributed by atoms with Crippen LogP contribution in [-0.4, -0.2) is 44.6 Å². The normalized spacial score (nSPS) is 16.2. The highest BCUT2D eigenvalue weighted by Gasteiger charge is 2.24. The molecule has 4 rings (SSSR count). The van der Waals surface area contributed by atoms with Crippen LogP contribution < -0.4 is 11.1 Å². The summed E-state index contributed by atoms with van der Waals surface area (Å²) >= 11 is 0. The summed E-state index contributed by atoms with van der Waals surface area (Å²) < 4.78 is 7.05. The van der Waals surface area contributed by atoms with E-state index < -0.39 is 0 Å². The van der Waals surface area contributed by atoms with Gasteiger partial charge in [0.05, 0.1) is 23.6 Å². The number of ether oxygens (including phenoxy) is 1. The molecule has 2 aromatic heterocycles. The summed E-state index contributed by atoms with van der Waals surface area (Å²) in [5.41, 5.74) is 0.0968. The molecule has 0 saturated carbocycles. The molecule has 0 unspecified atom stereocenters. The van der Waals surface area contributed by atoms with Crippen molar-refractivity contribution in [1.29, 1.82) is 0 Å². The molecule has 1 amide bonds. The third-order valence-corrected chi connectivity index (χ3v) is 5.01. The first-order valence-corrected chi connectivity index (χ1v) is 9.63. The number of aromatic nitrogens is 3. The van der Waals surface area contributed by atoms with Gasteiger partial charge in [-0.15, -0.1) is 0 Å². The number of carbonyl (C=O) groups excluding carboxylic acids is 1. The van der Waals surface area contributed by atoms with Gasteiger partial charge in [0.1, 0.15) is 12.4 Å². The molecule has 3 heterocycles. The Balaban J connectivity index is 1.60. The largest absolute Gasteiger partial charge is 0.376 e. The van der Waals surface area contributed by atoms with Crippen molar-refractivity contribution in [1.82, 2.24) is 19.4 Å². The Morgan fingerprint density at radius 2 is 2.03 bits per heavy atom. The molecule has 0 aliphatic carbocycles. The van der Waals surface area contributed by atoms with E-state index in [9.17, 15) is 14.4 Å². The molecule has 1 aromatic carbocycles. The van der Waals surface area contributed by atoms with Gasteiger partial charge in [-0.1, -0.05) is 18.2 Å². The molecule has 1 atom stereocenters. The minimum Gasteiger partial charge on any atom is -0.376 e. The van der Waals surface area contributed by atoms with E-state index in [2.05, 4.69) is 9.97 Å². The Labute approximate surface area is 166 Å². The Morgan fingerprint density at radius 3 is 2.83 bits per heavy atom. The highest BCUT2D eigenvalue weighted by atomic mass is 16.5. The Hall–Kier alpha value is -3.26. The first-order chi connectivity index (χ1) is 14.1. The molecule has 1 N–H and O–H groups in total. The third-order valence-electron chi connectivity index (χ3n) is 5.01. The van der Waals surface area contributed by atoms with Gasteiger partial charge in [-0.3, -0.25) is 14.4 Å². The topological polar surface area (TPSA) is 97.3 Å². The van der Waals surface area contributed by atoms with Gasteiger partial charge in [-0.05, 0) is 31.0 Å². The number of carbonyl (C=O) groups is 1. The first kappa shape index (κ1) is 19.1. The monoisotopic (exact) mass is 394 g/mol. The summed E-state index contributed by atoms with van der Waals surface area (Å²) in [6.45, 7) is 1.12. The van der Waals surface area contributed by atoms with Gasteiger partial charge >= 0.3 is 0 Å². The van der Waals surface area contributed by atoms with E-state index in [-0.39, 0.29) is 36.2 Å². The fourth-order valence-corrected chi connectivity index (χ4v) is 3.52. The molecule has 3 aromatic rings. The van der Waals surface area contributed by atoms with Crippen LogP contribution in [0.25, 0.3) is 10.9 Å². The molecule has 1 fully saturated rings. The zero-order valence-electron chi connectivity index (χ0n) is 15.9. The van der Waals surface area contributed by atoms with Crippen LogP contribution in [0.2, 0.25) is 0 Å². The van der Waals surface area contributed by atoms with Gasteiger partial charge < -0.3 is 19.2 Å². The quantitative estimate of drug-likeness (QED) is 0.680. The van der Waals surface area contributed by atoms with Gasteiger partial charge in [0.2, 0.25) is 5.91 Å². The lowest BCUT2D eigenvalue weighted by Gasteiger charge is -2.25. The fourth-order valence-electron chi connectivity index (χ4n) is 3.52. The van der Waals surface area contributed by atoms with Gasteiger partial charge in [-0.2, -0.15) is 0 Å². The Bertz CT molecular complexity index is 1130. The van der Waals surface area contributed by atoms with Gasteiger partial charge in [0.15, 0.2) is 0 Å². The number of fused-ring (bicyclic) bond motifs is 1. The molecule has 1 saturated heterocycles. The number of rotatable bonds is 6. The standard InChI is InChI=1S/C21H22N4O4/c26-19-9-3-4-10-24(19)14-20(27)25(12-15-6-5-11-29-15)13-18-22-17-8-2-1-7-16(17)21(28)23-18/h1-4,7-10,15H,5-6,11-14H2,(H,22,23,28)/t15-/m1/s1. The van der Waals surface area contributed by atoms with Crippen molar-refractivity contribution in [2.75, 3.05) is 13.2 Å². The number of aromatic amines is 1. The van der Waals surface area contributed by atoms with Crippen molar-refractivity contribution in [2.45, 2.75) is 32.0 Å². The predicted molar refractivity (Wildman–Crippen MR) is 107 cm³/mol. The second-order valence-electron chi connectivity index (χ2n) is 7.11. The van der Waals surface area contributed by atoms with Crippen LogP contribution in [0.1, 0.15) is 18.7 Å². The molecule has 0 radical (unpaired) electrons. The van der Waals surface area contributed by atoms with Gasteiger partial charge in [0, 0.05) is 25.4 Å². The summed E-state index contributed by atoms with van der Waals surface area (Å²) in [5, 5.41) is 0.504. The maximum Gasteiger partial charge on any atom is 0.258 e. The maximum atomic E-state index is 13.0. The average molecular weight is 394 g/mol. The van der Waals surface area contributed by atoms with Crippen LogP contribution in [0.15, 0.2) is 58.3 Å². The van der Waals surface area contributed by atoms with E-state index in [1.54, 1.807) is 41.4 Å². The third kappa shape index (κ3) is 4.43. The zero-order valence-corrected chi connectivity index (χ0v) is 15.9. The van der Waals surface area contributed by atoms with Crippen LogP contribution in [-0.2, 0) is 22.6 Å². The van der Waals surface area contributed by atoms with Crippen LogP contribution in [0.5, 0.6) is 0 Å². The molecule has 150 valence electrons. The molecule has 1 aliphatic rings. The molecule has 0 bridgehead atoms. The van der Waals surface area contributed by atoms with E-state index in [1.165, 1.54) is 10.6 Å². The first-order valence-electron chi connectivity index (χ1n) is 9.63. The van der Waals surface area contributed by atoms with Crippen LogP contribution in [0.3, 0.4) is 0 Å². The summed E-state index contributed by atoms with van der Waals surface area (Å²) in [4.78, 5) is 46.2. The van der Waals surface area contributed by atoms with Crippen molar-refractivity contribution >= 4 is 16.8 Å². The number of amides is 1. The van der Waals surface area contributed by atoms with Crippen molar-refractivity contribution < 1.29 is 9.53 Å². The molecule has 8 heteroatoms. The minimum absolute atomic E-state index is 0.0568. The smallest absolute Gasteiger partial charge is 0.258 e.